The fraction of sp³-hybridized carbons (Fsp3) is 0.231. The topological polar surface area (TPSA) is 127 Å². The number of rotatable bonds is 6. The summed E-state index contributed by atoms with van der Waals surface area (Å²) >= 11 is 0. The number of aromatic nitrogens is 2. The van der Waals surface area contributed by atoms with Gasteiger partial charge < -0.3 is 19.6 Å². The molecule has 1 aliphatic carbocycles. The van der Waals surface area contributed by atoms with Gasteiger partial charge in [0.05, 0.1) is 12.6 Å². The second-order valence-corrected chi connectivity index (χ2v) is 8.53. The van der Waals surface area contributed by atoms with Crippen molar-refractivity contribution >= 4 is 29.0 Å². The van der Waals surface area contributed by atoms with Crippen LogP contribution in [0.4, 0.5) is 10.7 Å². The van der Waals surface area contributed by atoms with Crippen molar-refractivity contribution in [2.45, 2.75) is 31.7 Å². The molecule has 5 rings (SSSR count). The Morgan fingerprint density at radius 3 is 2.31 bits per heavy atom. The van der Waals surface area contributed by atoms with Gasteiger partial charge in [-0.3, -0.25) is 10.1 Å². The number of amides is 2. The Balaban J connectivity index is 1.67. The zero-order valence-corrected chi connectivity index (χ0v) is 19.3. The van der Waals surface area contributed by atoms with E-state index in [9.17, 15) is 14.7 Å². The van der Waals surface area contributed by atoms with E-state index in [1.807, 2.05) is 54.6 Å². The maximum absolute atomic E-state index is 11.6. The van der Waals surface area contributed by atoms with Crippen molar-refractivity contribution in [2.75, 3.05) is 12.4 Å². The molecule has 9 nitrogen and oxygen atoms in total. The highest BCUT2D eigenvalue weighted by molar-refractivity contribution is 6.03. The van der Waals surface area contributed by atoms with Crippen LogP contribution in [0.25, 0.3) is 33.6 Å². The normalized spacial score (nSPS) is 14.2. The third-order valence-corrected chi connectivity index (χ3v) is 6.32. The van der Waals surface area contributed by atoms with Crippen LogP contribution < -0.4 is 15.4 Å². The smallest absolute Gasteiger partial charge is 0.405 e. The number of carbonyl (C=O) groups excluding carboxylic acids is 1. The average Bonchev–Trinajstić information content (AvgIpc) is 3.20. The summed E-state index contributed by atoms with van der Waals surface area (Å²) in [5.41, 5.74) is 3.09. The van der Waals surface area contributed by atoms with Crippen LogP contribution >= 0.6 is 0 Å². The van der Waals surface area contributed by atoms with E-state index in [1.165, 1.54) is 14.0 Å². The minimum absolute atomic E-state index is 0.0868. The predicted octanol–water partition coefficient (Wildman–Crippen LogP) is 5.17. The molecular formula is C26H24N4O5. The van der Waals surface area contributed by atoms with E-state index in [0.717, 1.165) is 41.5 Å². The molecular weight excluding hydrogens is 448 g/mol. The van der Waals surface area contributed by atoms with Crippen molar-refractivity contribution in [1.82, 2.24) is 15.3 Å². The average molecular weight is 473 g/mol. The molecule has 1 saturated carbocycles. The molecule has 0 saturated heterocycles. The highest BCUT2D eigenvalue weighted by Crippen LogP contribution is 2.45. The summed E-state index contributed by atoms with van der Waals surface area (Å²) in [5, 5.41) is 15.2. The van der Waals surface area contributed by atoms with Crippen molar-refractivity contribution in [3.63, 3.8) is 0 Å². The van der Waals surface area contributed by atoms with E-state index in [4.69, 9.17) is 9.15 Å². The molecule has 9 heteroatoms. The summed E-state index contributed by atoms with van der Waals surface area (Å²) in [4.78, 5) is 31.7. The lowest BCUT2D eigenvalue weighted by Gasteiger charge is -2.42. The fourth-order valence-corrected chi connectivity index (χ4v) is 4.58. The van der Waals surface area contributed by atoms with Crippen LogP contribution in [0.15, 0.2) is 59.0 Å². The Kier molecular flexibility index (Phi) is 5.60. The van der Waals surface area contributed by atoms with Crippen molar-refractivity contribution in [3.8, 4) is 28.3 Å². The third kappa shape index (κ3) is 4.05. The first-order valence-corrected chi connectivity index (χ1v) is 11.2. The SMILES string of the molecule is COc1nc(NC(C)=O)nc2oc(-c3ccc(C4(NC(=O)O)CCC4)cc3)c(-c3ccccc3)c12. The molecule has 0 unspecified atom stereocenters. The highest BCUT2D eigenvalue weighted by Gasteiger charge is 2.40. The number of ether oxygens (including phenoxy) is 1. The lowest BCUT2D eigenvalue weighted by molar-refractivity contribution is -0.114. The molecule has 4 aromatic rings. The van der Waals surface area contributed by atoms with E-state index in [2.05, 4.69) is 20.6 Å². The van der Waals surface area contributed by atoms with Gasteiger partial charge >= 0.3 is 6.09 Å². The van der Waals surface area contributed by atoms with Gasteiger partial charge in [0.1, 0.15) is 11.1 Å². The van der Waals surface area contributed by atoms with Crippen LogP contribution in [0.1, 0.15) is 31.7 Å². The Hall–Kier alpha value is -4.40. The molecule has 3 N–H and O–H groups in total. The molecule has 2 heterocycles. The molecule has 1 fully saturated rings. The first-order chi connectivity index (χ1) is 16.9. The van der Waals surface area contributed by atoms with Gasteiger partial charge in [0.25, 0.3) is 0 Å². The maximum atomic E-state index is 11.6. The van der Waals surface area contributed by atoms with Crippen molar-refractivity contribution in [2.24, 2.45) is 0 Å². The number of hydrogen-bond donors (Lipinski definition) is 3. The molecule has 0 radical (unpaired) electrons. The van der Waals surface area contributed by atoms with Gasteiger partial charge in [-0.05, 0) is 30.4 Å². The molecule has 2 aromatic heterocycles. The molecule has 35 heavy (non-hydrogen) atoms. The lowest BCUT2D eigenvalue weighted by Crippen LogP contribution is -2.50. The molecule has 0 spiro atoms. The van der Waals surface area contributed by atoms with Crippen LogP contribution in [0, 0.1) is 0 Å². The molecule has 0 atom stereocenters. The fourth-order valence-electron chi connectivity index (χ4n) is 4.58. The molecule has 178 valence electrons. The number of furan rings is 1. The minimum Gasteiger partial charge on any atom is -0.480 e. The third-order valence-electron chi connectivity index (χ3n) is 6.32. The maximum Gasteiger partial charge on any atom is 0.405 e. The van der Waals surface area contributed by atoms with Crippen LogP contribution in [-0.4, -0.2) is 34.2 Å². The number of benzene rings is 2. The van der Waals surface area contributed by atoms with E-state index in [0.29, 0.717) is 11.1 Å². The van der Waals surface area contributed by atoms with E-state index in [-0.39, 0.29) is 23.4 Å². The second kappa shape index (κ2) is 8.75. The summed E-state index contributed by atoms with van der Waals surface area (Å²) in [6.07, 6.45) is 1.46. The number of fused-ring (bicyclic) bond motifs is 1. The summed E-state index contributed by atoms with van der Waals surface area (Å²) in [7, 11) is 1.50. The summed E-state index contributed by atoms with van der Waals surface area (Å²) in [6, 6.07) is 17.4. The molecule has 0 bridgehead atoms. The van der Waals surface area contributed by atoms with Crippen molar-refractivity contribution in [1.29, 1.82) is 0 Å². The number of hydrogen-bond acceptors (Lipinski definition) is 6. The minimum atomic E-state index is -1.03. The molecule has 2 aromatic carbocycles. The van der Waals surface area contributed by atoms with E-state index < -0.39 is 11.6 Å². The first-order valence-electron chi connectivity index (χ1n) is 11.2. The zero-order chi connectivity index (χ0) is 24.6. The largest absolute Gasteiger partial charge is 0.480 e. The summed E-state index contributed by atoms with van der Waals surface area (Å²) in [6.45, 7) is 1.37. The highest BCUT2D eigenvalue weighted by atomic mass is 16.5. The van der Waals surface area contributed by atoms with Crippen molar-refractivity contribution < 1.29 is 23.8 Å². The Morgan fingerprint density at radius 1 is 1.03 bits per heavy atom. The zero-order valence-electron chi connectivity index (χ0n) is 19.3. The molecule has 0 aliphatic heterocycles. The quantitative estimate of drug-likeness (QED) is 0.353. The van der Waals surface area contributed by atoms with Gasteiger partial charge in [-0.2, -0.15) is 9.97 Å². The Morgan fingerprint density at radius 2 is 1.74 bits per heavy atom. The van der Waals surface area contributed by atoms with Gasteiger partial charge in [0.2, 0.25) is 23.4 Å². The van der Waals surface area contributed by atoms with Crippen LogP contribution in [0.3, 0.4) is 0 Å². The van der Waals surface area contributed by atoms with E-state index in [1.54, 1.807) is 0 Å². The van der Waals surface area contributed by atoms with Gasteiger partial charge in [0.15, 0.2) is 0 Å². The van der Waals surface area contributed by atoms with Crippen molar-refractivity contribution in [3.05, 3.63) is 60.2 Å². The summed E-state index contributed by atoms with van der Waals surface area (Å²) in [5.74, 6) is 0.628. The second-order valence-electron chi connectivity index (χ2n) is 8.53. The number of anilines is 1. The lowest BCUT2D eigenvalue weighted by atomic mass is 9.72. The number of carboxylic acid groups (broad SMARTS) is 1. The van der Waals surface area contributed by atoms with Gasteiger partial charge in [0, 0.05) is 18.1 Å². The summed E-state index contributed by atoms with van der Waals surface area (Å²) < 4.78 is 11.8. The number of nitrogens with one attached hydrogen (secondary N) is 2. The van der Waals surface area contributed by atoms with Crippen LogP contribution in [-0.2, 0) is 10.3 Å². The first kappa shape index (κ1) is 22.4. The predicted molar refractivity (Wildman–Crippen MR) is 130 cm³/mol. The Bertz CT molecular complexity index is 1410. The van der Waals surface area contributed by atoms with E-state index >= 15 is 0 Å². The number of carbonyl (C=O) groups is 2. The van der Waals surface area contributed by atoms with Crippen LogP contribution in [0.2, 0.25) is 0 Å². The number of nitrogens with zero attached hydrogens (tertiary/aromatic N) is 2. The Labute approximate surface area is 201 Å². The van der Waals surface area contributed by atoms with Gasteiger partial charge in [-0.15, -0.1) is 0 Å². The number of methoxy groups -OCH3 is 1. The van der Waals surface area contributed by atoms with Crippen LogP contribution in [0.5, 0.6) is 5.88 Å². The monoisotopic (exact) mass is 472 g/mol. The van der Waals surface area contributed by atoms with Gasteiger partial charge in [-0.1, -0.05) is 54.6 Å². The van der Waals surface area contributed by atoms with Gasteiger partial charge in [-0.25, -0.2) is 4.79 Å². The molecule has 1 aliphatic rings. The standard InChI is InChI=1S/C26H24N4O5/c1-15(31)27-24-28-22(34-2)20-19(16-7-4-3-5-8-16)21(35-23(20)29-24)17-9-11-18(12-10-17)26(13-6-14-26)30-25(32)33/h3-5,7-12,30H,6,13-14H2,1-2H3,(H,32,33)(H,27,28,29,31). The molecule has 2 amide bonds.